The molecule has 2 atom stereocenters. The minimum Gasteiger partial charge on any atom is -0.396 e. The number of H-pyrrole nitrogens is 1. The molecule has 154 valence electrons. The van der Waals surface area contributed by atoms with Gasteiger partial charge in [-0.1, -0.05) is 12.1 Å². The van der Waals surface area contributed by atoms with E-state index in [1.54, 1.807) is 6.20 Å². The lowest BCUT2D eigenvalue weighted by atomic mass is 9.95. The van der Waals surface area contributed by atoms with Gasteiger partial charge in [-0.3, -0.25) is 0 Å². The largest absolute Gasteiger partial charge is 0.396 e. The van der Waals surface area contributed by atoms with E-state index in [1.807, 2.05) is 23.2 Å². The van der Waals surface area contributed by atoms with E-state index in [4.69, 9.17) is 0 Å². The van der Waals surface area contributed by atoms with E-state index >= 15 is 0 Å². The van der Waals surface area contributed by atoms with Crippen LogP contribution in [-0.4, -0.2) is 55.9 Å². The predicted octanol–water partition coefficient (Wildman–Crippen LogP) is 2.30. The van der Waals surface area contributed by atoms with Crippen LogP contribution in [0.15, 0.2) is 48.8 Å². The minimum absolute atomic E-state index is 0.0114. The molecule has 4 N–H and O–H groups in total. The number of aromatic nitrogens is 4. The van der Waals surface area contributed by atoms with Crippen molar-refractivity contribution in [2.45, 2.75) is 19.1 Å². The highest BCUT2D eigenvalue weighted by atomic mass is 16.3. The first-order valence-electron chi connectivity index (χ1n) is 10.2. The Bertz CT molecular complexity index is 1180. The molecule has 30 heavy (non-hydrogen) atoms. The van der Waals surface area contributed by atoms with Crippen LogP contribution < -0.4 is 10.2 Å². The van der Waals surface area contributed by atoms with Crippen LogP contribution in [0.3, 0.4) is 0 Å². The monoisotopic (exact) mass is 404 g/mol. The third-order valence-corrected chi connectivity index (χ3v) is 5.77. The van der Waals surface area contributed by atoms with Crippen molar-refractivity contribution in [3.05, 3.63) is 54.4 Å². The number of rotatable bonds is 5. The number of nitrogens with one attached hydrogen (secondary N) is 2. The molecule has 1 fully saturated rings. The summed E-state index contributed by atoms with van der Waals surface area (Å²) < 4.78 is 0. The number of anilines is 2. The molecule has 1 aliphatic rings. The molecule has 3 aromatic heterocycles. The zero-order valence-corrected chi connectivity index (χ0v) is 16.5. The Hall–Kier alpha value is -3.23. The van der Waals surface area contributed by atoms with Crippen molar-refractivity contribution in [2.75, 3.05) is 29.9 Å². The van der Waals surface area contributed by atoms with Crippen molar-refractivity contribution in [3.63, 3.8) is 0 Å². The third kappa shape index (κ3) is 3.67. The van der Waals surface area contributed by atoms with E-state index in [-0.39, 0.29) is 12.5 Å². The smallest absolute Gasteiger partial charge is 0.182 e. The van der Waals surface area contributed by atoms with Gasteiger partial charge in [0.15, 0.2) is 5.65 Å². The number of hydrogen-bond donors (Lipinski definition) is 4. The zero-order valence-electron chi connectivity index (χ0n) is 16.5. The zero-order chi connectivity index (χ0) is 20.5. The fourth-order valence-corrected chi connectivity index (χ4v) is 3.95. The normalized spacial score (nSPS) is 19.5. The number of nitrogens with zero attached hydrogens (tertiary/aromatic N) is 4. The number of fused-ring (bicyclic) bond motifs is 2. The summed E-state index contributed by atoms with van der Waals surface area (Å²) in [6.07, 6.45) is 3.83. The van der Waals surface area contributed by atoms with E-state index < -0.39 is 6.10 Å². The lowest BCUT2D eigenvalue weighted by molar-refractivity contribution is 0.0546. The van der Waals surface area contributed by atoms with Crippen LogP contribution in [0.5, 0.6) is 0 Å². The summed E-state index contributed by atoms with van der Waals surface area (Å²) in [5.74, 6) is 1.36. The molecule has 0 unspecified atom stereocenters. The van der Waals surface area contributed by atoms with Crippen LogP contribution in [0.2, 0.25) is 0 Å². The summed E-state index contributed by atoms with van der Waals surface area (Å²) in [6.45, 7) is 1.84. The molecule has 8 heteroatoms. The molecule has 1 saturated heterocycles. The number of aliphatic hydroxyl groups excluding tert-OH is 2. The standard InChI is InChI=1S/C22H24N6O2/c29-13-16-6-8-28(12-19(16)30)21-4-3-17-22(27-21)26-20(11-24-17)25-10-14-1-2-15-5-7-23-18(15)9-14/h1-5,7,9,11,16,19,23,29-30H,6,8,10,12-13H2,(H,25,26,27)/t16-,19+/m0/s1. The molecule has 0 spiro atoms. The van der Waals surface area contributed by atoms with Gasteiger partial charge in [-0.05, 0) is 41.6 Å². The number of hydrogen-bond acceptors (Lipinski definition) is 7. The van der Waals surface area contributed by atoms with Gasteiger partial charge in [0.1, 0.15) is 17.2 Å². The highest BCUT2D eigenvalue weighted by Gasteiger charge is 2.27. The summed E-state index contributed by atoms with van der Waals surface area (Å²) in [5.41, 5.74) is 3.55. The summed E-state index contributed by atoms with van der Waals surface area (Å²) in [7, 11) is 0. The van der Waals surface area contributed by atoms with Crippen LogP contribution in [0, 0.1) is 5.92 Å². The lowest BCUT2D eigenvalue weighted by Gasteiger charge is -2.35. The molecule has 8 nitrogen and oxygen atoms in total. The topological polar surface area (TPSA) is 110 Å². The summed E-state index contributed by atoms with van der Waals surface area (Å²) in [6, 6.07) is 12.2. The maximum Gasteiger partial charge on any atom is 0.182 e. The van der Waals surface area contributed by atoms with Gasteiger partial charge in [0.05, 0.1) is 12.3 Å². The second-order valence-electron chi connectivity index (χ2n) is 7.76. The Morgan fingerprint density at radius 3 is 2.97 bits per heavy atom. The fourth-order valence-electron chi connectivity index (χ4n) is 3.95. The molecule has 0 bridgehead atoms. The molecule has 0 aliphatic carbocycles. The predicted molar refractivity (Wildman–Crippen MR) is 116 cm³/mol. The molecule has 0 saturated carbocycles. The molecule has 0 amide bonds. The van der Waals surface area contributed by atoms with Crippen LogP contribution >= 0.6 is 0 Å². The maximum atomic E-state index is 10.2. The molecular formula is C22H24N6O2. The summed E-state index contributed by atoms with van der Waals surface area (Å²) in [4.78, 5) is 19.0. The Kier molecular flexibility index (Phi) is 4.94. The van der Waals surface area contributed by atoms with Gasteiger partial charge < -0.3 is 25.4 Å². The van der Waals surface area contributed by atoms with Gasteiger partial charge in [0.2, 0.25) is 0 Å². The van der Waals surface area contributed by atoms with Crippen LogP contribution in [0.1, 0.15) is 12.0 Å². The van der Waals surface area contributed by atoms with E-state index in [0.29, 0.717) is 24.6 Å². The van der Waals surface area contributed by atoms with Gasteiger partial charge in [-0.2, -0.15) is 0 Å². The Balaban J connectivity index is 1.33. The van der Waals surface area contributed by atoms with Gasteiger partial charge in [0.25, 0.3) is 0 Å². The first-order chi connectivity index (χ1) is 14.7. The number of benzene rings is 1. The van der Waals surface area contributed by atoms with E-state index in [2.05, 4.69) is 49.5 Å². The van der Waals surface area contributed by atoms with Crippen molar-refractivity contribution in [1.82, 2.24) is 19.9 Å². The van der Waals surface area contributed by atoms with Crippen LogP contribution in [-0.2, 0) is 6.54 Å². The van der Waals surface area contributed by atoms with E-state index in [0.717, 1.165) is 35.4 Å². The molecular weight excluding hydrogens is 380 g/mol. The van der Waals surface area contributed by atoms with E-state index in [9.17, 15) is 10.2 Å². The summed E-state index contributed by atoms with van der Waals surface area (Å²) >= 11 is 0. The van der Waals surface area contributed by atoms with Crippen molar-refractivity contribution in [3.8, 4) is 0 Å². The quantitative estimate of drug-likeness (QED) is 0.404. The van der Waals surface area contributed by atoms with Crippen molar-refractivity contribution in [2.24, 2.45) is 5.92 Å². The van der Waals surface area contributed by atoms with Crippen molar-refractivity contribution < 1.29 is 10.2 Å². The molecule has 1 aromatic carbocycles. The highest BCUT2D eigenvalue weighted by molar-refractivity contribution is 5.80. The Morgan fingerprint density at radius 1 is 1.17 bits per heavy atom. The minimum atomic E-state index is -0.558. The van der Waals surface area contributed by atoms with Crippen LogP contribution in [0.4, 0.5) is 11.6 Å². The first-order valence-corrected chi connectivity index (χ1v) is 10.2. The fraction of sp³-hybridized carbons (Fsp3) is 0.318. The highest BCUT2D eigenvalue weighted by Crippen LogP contribution is 2.24. The lowest BCUT2D eigenvalue weighted by Crippen LogP contribution is -2.45. The van der Waals surface area contributed by atoms with Crippen molar-refractivity contribution >= 4 is 33.7 Å². The Labute approximate surface area is 173 Å². The third-order valence-electron chi connectivity index (χ3n) is 5.77. The number of aromatic amines is 1. The van der Waals surface area contributed by atoms with Crippen molar-refractivity contribution in [1.29, 1.82) is 0 Å². The van der Waals surface area contributed by atoms with Crippen LogP contribution in [0.25, 0.3) is 22.1 Å². The molecule has 1 aliphatic heterocycles. The summed E-state index contributed by atoms with van der Waals surface area (Å²) in [5, 5.41) is 24.1. The van der Waals surface area contributed by atoms with Gasteiger partial charge >= 0.3 is 0 Å². The van der Waals surface area contributed by atoms with E-state index in [1.165, 1.54) is 5.39 Å². The first kappa shape index (κ1) is 18.8. The molecule has 5 rings (SSSR count). The maximum absolute atomic E-state index is 10.2. The number of pyridine rings is 1. The number of aliphatic hydroxyl groups is 2. The number of piperidine rings is 1. The average molecular weight is 404 g/mol. The van der Waals surface area contributed by atoms with Gasteiger partial charge in [-0.25, -0.2) is 15.0 Å². The van der Waals surface area contributed by atoms with Gasteiger partial charge in [-0.15, -0.1) is 0 Å². The molecule has 4 aromatic rings. The second kappa shape index (κ2) is 7.89. The number of β-amino-alcohol motifs (C(OH)–C–C–N with tert-alkyl or cyclic N) is 1. The second-order valence-corrected chi connectivity index (χ2v) is 7.76. The molecule has 4 heterocycles. The average Bonchev–Trinajstić information content (AvgIpc) is 3.25. The molecule has 0 radical (unpaired) electrons. The van der Waals surface area contributed by atoms with Gasteiger partial charge in [0, 0.05) is 43.9 Å². The SMILES string of the molecule is OC[C@@H]1CCN(c2ccc3ncc(NCc4ccc5cc[nH]c5c4)nc3n2)C[C@H]1O. The Morgan fingerprint density at radius 2 is 2.10 bits per heavy atom.